The van der Waals surface area contributed by atoms with Crippen molar-refractivity contribution in [3.63, 3.8) is 0 Å². The number of hydrogen-bond donors (Lipinski definition) is 1. The Morgan fingerprint density at radius 3 is 2.88 bits per heavy atom. The third kappa shape index (κ3) is 3.57. The van der Waals surface area contributed by atoms with Gasteiger partial charge in [-0.2, -0.15) is 0 Å². The van der Waals surface area contributed by atoms with E-state index in [1.165, 1.54) is 6.07 Å². The molecule has 0 amide bonds. The van der Waals surface area contributed by atoms with Crippen LogP contribution in [0.5, 0.6) is 0 Å². The van der Waals surface area contributed by atoms with Gasteiger partial charge in [0.25, 0.3) is 5.56 Å². The van der Waals surface area contributed by atoms with E-state index in [0.717, 1.165) is 19.5 Å². The Morgan fingerprint density at radius 2 is 2.31 bits per heavy atom. The molecule has 1 unspecified atom stereocenters. The zero-order valence-corrected chi connectivity index (χ0v) is 10.9. The van der Waals surface area contributed by atoms with Crippen molar-refractivity contribution in [2.75, 3.05) is 13.6 Å². The normalized spacial score (nSPS) is 13.0. The lowest BCUT2D eigenvalue weighted by molar-refractivity contribution is 0.241. The van der Waals surface area contributed by atoms with Gasteiger partial charge in [-0.25, -0.2) is 0 Å². The number of nitrogens with zero attached hydrogens (tertiary/aromatic N) is 2. The zero-order valence-electron chi connectivity index (χ0n) is 10.1. The third-order valence-electron chi connectivity index (χ3n) is 2.93. The molecule has 90 valence electrons. The van der Waals surface area contributed by atoms with Gasteiger partial charge in [-0.05, 0) is 32.6 Å². The topological polar surface area (TPSA) is 41.0 Å². The minimum absolute atomic E-state index is 0.142. The van der Waals surface area contributed by atoms with Crippen LogP contribution in [0.2, 0.25) is 0 Å². The molecular formula is C11H19N3OS. The molecule has 0 spiro atoms. The highest BCUT2D eigenvalue weighted by Gasteiger charge is 2.05. The summed E-state index contributed by atoms with van der Waals surface area (Å²) in [6.45, 7) is 6.10. The van der Waals surface area contributed by atoms with E-state index in [9.17, 15) is 4.79 Å². The second-order valence-corrected chi connectivity index (χ2v) is 4.43. The van der Waals surface area contributed by atoms with Crippen LogP contribution < -0.4 is 5.56 Å². The Bertz CT molecular complexity index is 437. The van der Waals surface area contributed by atoms with Crippen LogP contribution in [0.4, 0.5) is 0 Å². The molecule has 0 aliphatic heterocycles. The lowest BCUT2D eigenvalue weighted by Gasteiger charge is -2.23. The molecule has 1 aromatic heterocycles. The van der Waals surface area contributed by atoms with E-state index in [2.05, 4.69) is 30.8 Å². The van der Waals surface area contributed by atoms with Crippen LogP contribution >= 0.6 is 12.2 Å². The van der Waals surface area contributed by atoms with E-state index in [1.54, 1.807) is 6.20 Å². The van der Waals surface area contributed by atoms with Gasteiger partial charge in [0.1, 0.15) is 0 Å². The summed E-state index contributed by atoms with van der Waals surface area (Å²) in [7, 11) is 2.10. The first-order valence-corrected chi connectivity index (χ1v) is 5.95. The maximum Gasteiger partial charge on any atom is 0.251 e. The van der Waals surface area contributed by atoms with Gasteiger partial charge in [-0.3, -0.25) is 9.78 Å². The van der Waals surface area contributed by atoms with E-state index < -0.39 is 0 Å². The van der Waals surface area contributed by atoms with Crippen molar-refractivity contribution in [1.82, 2.24) is 14.5 Å². The van der Waals surface area contributed by atoms with Crippen molar-refractivity contribution in [1.29, 1.82) is 0 Å². The molecule has 0 radical (unpaired) electrons. The number of aromatic amines is 1. The maximum absolute atomic E-state index is 11.0. The van der Waals surface area contributed by atoms with Gasteiger partial charge in [0, 0.05) is 31.4 Å². The number of nitrogens with one attached hydrogen (secondary N) is 1. The summed E-state index contributed by atoms with van der Waals surface area (Å²) < 4.78 is 2.38. The van der Waals surface area contributed by atoms with Crippen LogP contribution in [0.3, 0.4) is 0 Å². The van der Waals surface area contributed by atoms with Crippen molar-refractivity contribution in [2.45, 2.75) is 32.9 Å². The van der Waals surface area contributed by atoms with Crippen LogP contribution in [0.15, 0.2) is 17.1 Å². The number of hydrogen-bond acceptors (Lipinski definition) is 3. The van der Waals surface area contributed by atoms with Gasteiger partial charge < -0.3 is 9.47 Å². The Hall–Kier alpha value is -0.940. The summed E-state index contributed by atoms with van der Waals surface area (Å²) in [5, 5.41) is 0. The fraction of sp³-hybridized carbons (Fsp3) is 0.636. The Balaban J connectivity index is 2.61. The molecule has 1 N–H and O–H groups in total. The zero-order chi connectivity index (χ0) is 12.1. The largest absolute Gasteiger partial charge is 0.324 e. The minimum Gasteiger partial charge on any atom is -0.324 e. The van der Waals surface area contributed by atoms with Crippen LogP contribution in [0.25, 0.3) is 0 Å². The van der Waals surface area contributed by atoms with Crippen molar-refractivity contribution >= 4 is 12.2 Å². The van der Waals surface area contributed by atoms with E-state index in [0.29, 0.717) is 10.8 Å². The number of H-pyrrole nitrogens is 1. The molecule has 4 nitrogen and oxygen atoms in total. The van der Waals surface area contributed by atoms with Crippen molar-refractivity contribution in [3.05, 3.63) is 27.4 Å². The highest BCUT2D eigenvalue weighted by atomic mass is 32.1. The number of aromatic nitrogens is 2. The standard InChI is InChI=1S/C11H19N3OS/c1-4-9(2)13(3)7-8-14-6-5-10(15)12-11(14)16/h5-6,9H,4,7-8H2,1-3H3,(H,12,15,16). The van der Waals surface area contributed by atoms with Gasteiger partial charge in [-0.15, -0.1) is 0 Å². The van der Waals surface area contributed by atoms with Crippen molar-refractivity contribution < 1.29 is 0 Å². The summed E-state index contributed by atoms with van der Waals surface area (Å²) in [5.74, 6) is 0. The second-order valence-electron chi connectivity index (χ2n) is 4.04. The summed E-state index contributed by atoms with van der Waals surface area (Å²) in [5.41, 5.74) is -0.142. The minimum atomic E-state index is -0.142. The van der Waals surface area contributed by atoms with Crippen LogP contribution in [-0.4, -0.2) is 34.1 Å². The summed E-state index contributed by atoms with van der Waals surface area (Å²) in [6.07, 6.45) is 2.87. The first kappa shape index (κ1) is 13.1. The Kier molecular flexibility index (Phi) is 4.89. The average molecular weight is 241 g/mol. The van der Waals surface area contributed by atoms with E-state index >= 15 is 0 Å². The lowest BCUT2D eigenvalue weighted by Crippen LogP contribution is -2.31. The molecule has 1 aromatic rings. The highest BCUT2D eigenvalue weighted by Crippen LogP contribution is 2.00. The highest BCUT2D eigenvalue weighted by molar-refractivity contribution is 7.71. The molecule has 1 rings (SSSR count). The molecule has 5 heteroatoms. The smallest absolute Gasteiger partial charge is 0.251 e. The SMILES string of the molecule is CCC(C)N(C)CCn1ccc(=O)[nH]c1=S. The van der Waals surface area contributed by atoms with Crippen LogP contribution in [0.1, 0.15) is 20.3 Å². The fourth-order valence-electron chi connectivity index (χ4n) is 1.42. The first-order chi connectivity index (χ1) is 7.54. The maximum atomic E-state index is 11.0. The molecule has 0 saturated carbocycles. The summed E-state index contributed by atoms with van der Waals surface area (Å²) in [4.78, 5) is 15.9. The van der Waals surface area contributed by atoms with E-state index in [-0.39, 0.29) is 5.56 Å². The molecule has 0 aliphatic carbocycles. The first-order valence-electron chi connectivity index (χ1n) is 5.54. The summed E-state index contributed by atoms with van der Waals surface area (Å²) >= 11 is 5.07. The number of rotatable bonds is 5. The van der Waals surface area contributed by atoms with Gasteiger partial charge in [0.05, 0.1) is 0 Å². The summed E-state index contributed by atoms with van der Waals surface area (Å²) in [6, 6.07) is 2.07. The quantitative estimate of drug-likeness (QED) is 0.797. The molecule has 0 saturated heterocycles. The number of likely N-dealkylation sites (N-methyl/N-ethyl adjacent to an activating group) is 1. The van der Waals surface area contributed by atoms with Crippen LogP contribution in [-0.2, 0) is 6.54 Å². The molecule has 0 aliphatic rings. The van der Waals surface area contributed by atoms with Crippen molar-refractivity contribution in [2.24, 2.45) is 0 Å². The van der Waals surface area contributed by atoms with E-state index in [4.69, 9.17) is 12.2 Å². The lowest BCUT2D eigenvalue weighted by atomic mass is 10.2. The van der Waals surface area contributed by atoms with Gasteiger partial charge in [0.15, 0.2) is 4.77 Å². The molecule has 0 fully saturated rings. The predicted molar refractivity (Wildman–Crippen MR) is 68.3 cm³/mol. The van der Waals surface area contributed by atoms with Gasteiger partial charge in [0.2, 0.25) is 0 Å². The molecule has 1 atom stereocenters. The predicted octanol–water partition coefficient (Wildman–Crippen LogP) is 1.64. The molecule has 1 heterocycles. The van der Waals surface area contributed by atoms with Gasteiger partial charge in [-0.1, -0.05) is 6.92 Å². The molecule has 16 heavy (non-hydrogen) atoms. The van der Waals surface area contributed by atoms with Crippen molar-refractivity contribution in [3.8, 4) is 0 Å². The van der Waals surface area contributed by atoms with E-state index in [1.807, 2.05) is 4.57 Å². The average Bonchev–Trinajstić information content (AvgIpc) is 2.26. The molecular weight excluding hydrogens is 222 g/mol. The van der Waals surface area contributed by atoms with Gasteiger partial charge >= 0.3 is 0 Å². The monoisotopic (exact) mass is 241 g/mol. The fourth-order valence-corrected chi connectivity index (χ4v) is 1.67. The van der Waals surface area contributed by atoms with Crippen LogP contribution in [0, 0.1) is 4.77 Å². The molecule has 0 aromatic carbocycles. The Labute approximate surface area is 101 Å². The Morgan fingerprint density at radius 1 is 1.62 bits per heavy atom. The molecule has 0 bridgehead atoms. The third-order valence-corrected chi connectivity index (χ3v) is 3.27. The second kappa shape index (κ2) is 5.96.